The van der Waals surface area contributed by atoms with Crippen LogP contribution in [0.15, 0.2) is 36.4 Å². The number of hydrogen-bond acceptors (Lipinski definition) is 6. The van der Waals surface area contributed by atoms with E-state index in [0.29, 0.717) is 11.8 Å². The van der Waals surface area contributed by atoms with E-state index in [1.54, 1.807) is 4.90 Å². The molecule has 0 bridgehead atoms. The molecule has 1 atom stereocenters. The molecular formula is C24H26F3N3O5. The van der Waals surface area contributed by atoms with E-state index in [9.17, 15) is 32.9 Å². The van der Waals surface area contributed by atoms with Gasteiger partial charge in [-0.25, -0.2) is 0 Å². The van der Waals surface area contributed by atoms with Crippen LogP contribution in [0.2, 0.25) is 0 Å². The van der Waals surface area contributed by atoms with E-state index in [1.165, 1.54) is 6.92 Å². The summed E-state index contributed by atoms with van der Waals surface area (Å²) >= 11 is 0. The minimum absolute atomic E-state index is 0.0659. The van der Waals surface area contributed by atoms with E-state index < -0.39 is 46.2 Å². The van der Waals surface area contributed by atoms with Crippen molar-refractivity contribution < 1.29 is 32.4 Å². The lowest BCUT2D eigenvalue weighted by Gasteiger charge is -2.32. The Morgan fingerprint density at radius 1 is 1.14 bits per heavy atom. The number of alkyl halides is 3. The highest BCUT2D eigenvalue weighted by Gasteiger charge is 2.35. The molecule has 11 heteroatoms. The summed E-state index contributed by atoms with van der Waals surface area (Å²) in [6, 6.07) is 7.99. The van der Waals surface area contributed by atoms with E-state index in [-0.39, 0.29) is 31.6 Å². The fourth-order valence-electron chi connectivity index (χ4n) is 4.03. The molecule has 0 saturated carbocycles. The van der Waals surface area contributed by atoms with Crippen LogP contribution in [0.1, 0.15) is 36.5 Å². The number of nitro groups is 1. The van der Waals surface area contributed by atoms with Crippen LogP contribution in [-0.2, 0) is 20.5 Å². The average molecular weight is 493 g/mol. The van der Waals surface area contributed by atoms with Gasteiger partial charge in [-0.3, -0.25) is 19.7 Å². The number of esters is 1. The van der Waals surface area contributed by atoms with Crippen LogP contribution in [0, 0.1) is 29.9 Å². The Hall–Kier alpha value is -3.63. The second kappa shape index (κ2) is 10.3. The minimum atomic E-state index is -4.69. The summed E-state index contributed by atoms with van der Waals surface area (Å²) in [7, 11) is 0. The van der Waals surface area contributed by atoms with Crippen molar-refractivity contribution in [1.29, 1.82) is 0 Å². The molecule has 2 aromatic carbocycles. The molecule has 2 aromatic rings. The van der Waals surface area contributed by atoms with E-state index in [1.807, 2.05) is 32.0 Å². The molecule has 1 heterocycles. The van der Waals surface area contributed by atoms with Gasteiger partial charge in [0.25, 0.3) is 11.6 Å². The van der Waals surface area contributed by atoms with Crippen molar-refractivity contribution in [3.8, 4) is 0 Å². The summed E-state index contributed by atoms with van der Waals surface area (Å²) in [5.41, 5.74) is 0.739. The number of nitrogens with zero attached hydrogens (tertiary/aromatic N) is 2. The van der Waals surface area contributed by atoms with Crippen LogP contribution in [-0.4, -0.2) is 36.0 Å². The normalized spacial score (nSPS) is 15.4. The molecule has 1 saturated heterocycles. The summed E-state index contributed by atoms with van der Waals surface area (Å²) < 4.78 is 44.2. The number of nitro benzene ring substituents is 1. The van der Waals surface area contributed by atoms with Gasteiger partial charge < -0.3 is 15.0 Å². The lowest BCUT2D eigenvalue weighted by molar-refractivity contribution is -0.384. The molecule has 0 aliphatic carbocycles. The number of piperidine rings is 1. The molecule has 8 nitrogen and oxygen atoms in total. The van der Waals surface area contributed by atoms with Gasteiger partial charge in [-0.1, -0.05) is 18.2 Å². The predicted octanol–water partition coefficient (Wildman–Crippen LogP) is 5.02. The van der Waals surface area contributed by atoms with E-state index in [4.69, 9.17) is 4.74 Å². The van der Waals surface area contributed by atoms with Gasteiger partial charge >= 0.3 is 12.1 Å². The van der Waals surface area contributed by atoms with E-state index >= 15 is 0 Å². The number of ether oxygens (including phenoxy) is 1. The van der Waals surface area contributed by atoms with E-state index in [0.717, 1.165) is 23.3 Å². The first-order chi connectivity index (χ1) is 16.4. The zero-order valence-corrected chi connectivity index (χ0v) is 19.5. The molecule has 1 aliphatic heterocycles. The Morgan fingerprint density at radius 3 is 2.29 bits per heavy atom. The SMILES string of the molecule is Cc1cccc(C)c1NC(=O)C(C)OC(=O)C1CCN(c2ccc(C(F)(F)F)cc2[N+](=O)[O-])CC1. The number of amides is 1. The van der Waals surface area contributed by atoms with Gasteiger partial charge in [0.2, 0.25) is 0 Å². The minimum Gasteiger partial charge on any atom is -0.452 e. The van der Waals surface area contributed by atoms with Crippen molar-refractivity contribution in [2.75, 3.05) is 23.3 Å². The fourth-order valence-corrected chi connectivity index (χ4v) is 4.03. The van der Waals surface area contributed by atoms with Crippen LogP contribution in [0.4, 0.5) is 30.2 Å². The number of benzene rings is 2. The fraction of sp³-hybridized carbons (Fsp3) is 0.417. The van der Waals surface area contributed by atoms with Gasteiger partial charge in [-0.15, -0.1) is 0 Å². The monoisotopic (exact) mass is 493 g/mol. The number of hydrogen-bond donors (Lipinski definition) is 1. The number of carbonyl (C=O) groups is 2. The maximum atomic E-state index is 13.0. The number of anilines is 2. The van der Waals surface area contributed by atoms with Crippen LogP contribution in [0.3, 0.4) is 0 Å². The van der Waals surface area contributed by atoms with Gasteiger partial charge in [0.1, 0.15) is 5.69 Å². The molecule has 1 amide bonds. The third-order valence-electron chi connectivity index (χ3n) is 6.06. The number of para-hydroxylation sites is 1. The highest BCUT2D eigenvalue weighted by molar-refractivity contribution is 5.96. The quantitative estimate of drug-likeness (QED) is 0.345. The second-order valence-electron chi connectivity index (χ2n) is 8.55. The number of nitrogens with one attached hydrogen (secondary N) is 1. The third-order valence-corrected chi connectivity index (χ3v) is 6.06. The molecule has 35 heavy (non-hydrogen) atoms. The first-order valence-electron chi connectivity index (χ1n) is 11.1. The van der Waals surface area contributed by atoms with Crippen molar-refractivity contribution in [3.63, 3.8) is 0 Å². The average Bonchev–Trinajstić information content (AvgIpc) is 2.80. The highest BCUT2D eigenvalue weighted by Crippen LogP contribution is 2.37. The van der Waals surface area contributed by atoms with Crippen molar-refractivity contribution in [2.24, 2.45) is 5.92 Å². The topological polar surface area (TPSA) is 102 Å². The molecule has 1 fully saturated rings. The molecule has 188 valence electrons. The molecule has 3 rings (SSSR count). The first kappa shape index (κ1) is 26.0. The Labute approximate surface area is 200 Å². The number of carbonyl (C=O) groups excluding carboxylic acids is 2. The summed E-state index contributed by atoms with van der Waals surface area (Å²) in [5.74, 6) is -1.56. The number of halogens is 3. The summed E-state index contributed by atoms with van der Waals surface area (Å²) in [6.45, 7) is 5.62. The Kier molecular flexibility index (Phi) is 7.67. The molecule has 1 aliphatic rings. The Bertz CT molecular complexity index is 1110. The van der Waals surface area contributed by atoms with Crippen molar-refractivity contribution >= 4 is 28.9 Å². The van der Waals surface area contributed by atoms with Crippen LogP contribution in [0.25, 0.3) is 0 Å². The zero-order valence-electron chi connectivity index (χ0n) is 19.5. The standard InChI is InChI=1S/C24H26F3N3O5/c1-14-5-4-6-15(2)21(14)28-22(31)16(3)35-23(32)17-9-11-29(12-10-17)19-8-7-18(24(25,26)27)13-20(19)30(33)34/h4-8,13,16-17H,9-12H2,1-3H3,(H,28,31). The molecular weight excluding hydrogens is 467 g/mol. The first-order valence-corrected chi connectivity index (χ1v) is 11.1. The van der Waals surface area contributed by atoms with Gasteiger partial charge in [-0.2, -0.15) is 13.2 Å². The van der Waals surface area contributed by atoms with Crippen LogP contribution < -0.4 is 10.2 Å². The molecule has 1 N–H and O–H groups in total. The Morgan fingerprint density at radius 2 is 1.74 bits per heavy atom. The number of aryl methyl sites for hydroxylation is 2. The van der Waals surface area contributed by atoms with Gasteiger partial charge in [0.05, 0.1) is 16.4 Å². The largest absolute Gasteiger partial charge is 0.452 e. The summed E-state index contributed by atoms with van der Waals surface area (Å²) in [4.78, 5) is 37.3. The summed E-state index contributed by atoms with van der Waals surface area (Å²) in [6.07, 6.45) is -5.17. The van der Waals surface area contributed by atoms with Crippen LogP contribution in [0.5, 0.6) is 0 Å². The maximum absolute atomic E-state index is 13.0. The van der Waals surface area contributed by atoms with Crippen LogP contribution >= 0.6 is 0 Å². The van der Waals surface area contributed by atoms with Crippen molar-refractivity contribution in [3.05, 3.63) is 63.2 Å². The van der Waals surface area contributed by atoms with Gasteiger partial charge in [0, 0.05) is 24.8 Å². The number of rotatable bonds is 6. The van der Waals surface area contributed by atoms with Gasteiger partial charge in [-0.05, 0) is 56.9 Å². The maximum Gasteiger partial charge on any atom is 0.416 e. The zero-order chi connectivity index (χ0) is 25.9. The predicted molar refractivity (Wildman–Crippen MR) is 123 cm³/mol. The molecule has 0 radical (unpaired) electrons. The second-order valence-corrected chi connectivity index (χ2v) is 8.55. The van der Waals surface area contributed by atoms with Crippen molar-refractivity contribution in [2.45, 2.75) is 45.9 Å². The Balaban J connectivity index is 1.60. The lowest BCUT2D eigenvalue weighted by atomic mass is 9.96. The molecule has 1 unspecified atom stereocenters. The molecule has 0 spiro atoms. The highest BCUT2D eigenvalue weighted by atomic mass is 19.4. The lowest BCUT2D eigenvalue weighted by Crippen LogP contribution is -2.39. The smallest absolute Gasteiger partial charge is 0.416 e. The third kappa shape index (κ3) is 6.09. The van der Waals surface area contributed by atoms with Crippen molar-refractivity contribution in [1.82, 2.24) is 0 Å². The summed E-state index contributed by atoms with van der Waals surface area (Å²) in [5, 5.41) is 14.2. The van der Waals surface area contributed by atoms with Gasteiger partial charge in [0.15, 0.2) is 6.10 Å². The molecule has 0 aromatic heterocycles. The van der Waals surface area contributed by atoms with E-state index in [2.05, 4.69) is 5.32 Å².